The van der Waals surface area contributed by atoms with Gasteiger partial charge in [-0.05, 0) is 107 Å². The van der Waals surface area contributed by atoms with Crippen molar-refractivity contribution in [3.05, 3.63) is 89.4 Å². The number of aryl methyl sites for hydroxylation is 1. The van der Waals surface area contributed by atoms with E-state index in [0.29, 0.717) is 50.6 Å². The van der Waals surface area contributed by atoms with Crippen LogP contribution in [-0.2, 0) is 30.0 Å². The van der Waals surface area contributed by atoms with E-state index in [-0.39, 0.29) is 35.1 Å². The molecule has 1 saturated carbocycles. The van der Waals surface area contributed by atoms with Crippen LogP contribution in [0, 0.1) is 36.3 Å². The molecular formula is C42H56F2N6O6S2. The maximum Gasteiger partial charge on any atom is 0.407 e. The summed E-state index contributed by atoms with van der Waals surface area (Å²) in [5.41, 5.74) is 0.619. The average molecular weight is 843 g/mol. The molecule has 3 aromatic rings. The number of aromatic nitrogens is 2. The number of piperidine rings is 2. The molecule has 1 N–H and O–H groups in total. The third-order valence-corrected chi connectivity index (χ3v) is 15.8. The van der Waals surface area contributed by atoms with E-state index in [0.717, 1.165) is 80.9 Å². The number of benzene rings is 2. The van der Waals surface area contributed by atoms with E-state index in [4.69, 9.17) is 4.74 Å². The molecule has 3 aliphatic heterocycles. The van der Waals surface area contributed by atoms with Crippen LogP contribution in [0.1, 0.15) is 56.3 Å². The highest BCUT2D eigenvalue weighted by Crippen LogP contribution is 2.52. The van der Waals surface area contributed by atoms with Crippen molar-refractivity contribution in [2.75, 3.05) is 70.6 Å². The highest BCUT2D eigenvalue weighted by Gasteiger charge is 2.54. The van der Waals surface area contributed by atoms with Crippen molar-refractivity contribution in [2.45, 2.75) is 73.6 Å². The molecule has 4 aliphatic rings. The van der Waals surface area contributed by atoms with Gasteiger partial charge in [-0.25, -0.2) is 35.4 Å². The molecule has 7 rings (SSSR count). The molecule has 3 saturated heterocycles. The van der Waals surface area contributed by atoms with Gasteiger partial charge in [-0.15, -0.1) is 0 Å². The smallest absolute Gasteiger partial charge is 0.407 e. The van der Waals surface area contributed by atoms with Gasteiger partial charge in [0.15, 0.2) is 19.7 Å². The first kappa shape index (κ1) is 42.3. The molecular weight excluding hydrogens is 787 g/mol. The summed E-state index contributed by atoms with van der Waals surface area (Å²) in [4.78, 5) is 23.5. The molecule has 0 spiro atoms. The fraction of sp³-hybridized carbons (Fsp3) is 0.571. The Labute approximate surface area is 341 Å². The lowest BCUT2D eigenvalue weighted by Crippen LogP contribution is -2.58. The highest BCUT2D eigenvalue weighted by atomic mass is 32.2. The van der Waals surface area contributed by atoms with E-state index in [9.17, 15) is 21.6 Å². The zero-order valence-electron chi connectivity index (χ0n) is 33.6. The fourth-order valence-corrected chi connectivity index (χ4v) is 12.6. The van der Waals surface area contributed by atoms with Gasteiger partial charge >= 0.3 is 6.09 Å². The summed E-state index contributed by atoms with van der Waals surface area (Å²) in [5, 5.41) is 3.55. The summed E-state index contributed by atoms with van der Waals surface area (Å²) in [6, 6.07) is 11.0. The van der Waals surface area contributed by atoms with Gasteiger partial charge in [-0.3, -0.25) is 4.90 Å². The molecule has 1 amide bonds. The molecule has 316 valence electrons. The number of likely N-dealkylation sites (tertiary alicyclic amines) is 2. The number of hydrogen-bond acceptors (Lipinski definition) is 10. The van der Waals surface area contributed by atoms with E-state index in [2.05, 4.69) is 19.8 Å². The van der Waals surface area contributed by atoms with Crippen LogP contribution in [0.15, 0.2) is 71.2 Å². The first-order valence-electron chi connectivity index (χ1n) is 20.4. The Kier molecular flexibility index (Phi) is 12.7. The molecule has 12 nitrogen and oxygen atoms in total. The maximum absolute atomic E-state index is 15.6. The number of sulfone groups is 2. The maximum atomic E-state index is 15.6. The van der Waals surface area contributed by atoms with E-state index in [1.807, 2.05) is 29.0 Å². The van der Waals surface area contributed by atoms with Crippen LogP contribution in [-0.4, -0.2) is 119 Å². The Bertz CT molecular complexity index is 2190. The second kappa shape index (κ2) is 17.4. The second-order valence-corrected chi connectivity index (χ2v) is 20.8. The molecule has 2 aromatic carbocycles. The minimum absolute atomic E-state index is 0.0252. The Morgan fingerprint density at radius 1 is 0.966 bits per heavy atom. The minimum Gasteiger partial charge on any atom is -0.453 e. The normalized spacial score (nSPS) is 24.2. The number of hydrogen-bond donors (Lipinski definition) is 1. The summed E-state index contributed by atoms with van der Waals surface area (Å²) < 4.78 is 88.1. The number of nitrogens with zero attached hydrogens (tertiary/aromatic N) is 5. The molecule has 4 fully saturated rings. The number of amides is 1. The number of carbonyl (C=O) groups is 1. The van der Waals surface area contributed by atoms with E-state index >= 15 is 8.78 Å². The molecule has 1 unspecified atom stereocenters. The molecule has 4 heterocycles. The van der Waals surface area contributed by atoms with Gasteiger partial charge in [-0.1, -0.05) is 24.6 Å². The summed E-state index contributed by atoms with van der Waals surface area (Å²) in [6.45, 7) is 7.07. The van der Waals surface area contributed by atoms with Crippen LogP contribution in [0.4, 0.5) is 19.3 Å². The molecule has 16 heteroatoms. The molecule has 4 atom stereocenters. The van der Waals surface area contributed by atoms with E-state index in [1.54, 1.807) is 24.4 Å². The van der Waals surface area contributed by atoms with Crippen LogP contribution in [0.5, 0.6) is 0 Å². The molecule has 1 aromatic heterocycles. The average Bonchev–Trinajstić information content (AvgIpc) is 3.83. The summed E-state index contributed by atoms with van der Waals surface area (Å²) >= 11 is 0. The van der Waals surface area contributed by atoms with Crippen molar-refractivity contribution in [1.82, 2.24) is 24.7 Å². The van der Waals surface area contributed by atoms with E-state index < -0.39 is 42.4 Å². The predicted octanol–water partition coefficient (Wildman–Crippen LogP) is 5.38. The van der Waals surface area contributed by atoms with Gasteiger partial charge < -0.3 is 24.4 Å². The zero-order valence-corrected chi connectivity index (χ0v) is 35.2. The van der Waals surface area contributed by atoms with Crippen molar-refractivity contribution in [3.63, 3.8) is 0 Å². The lowest BCUT2D eigenvalue weighted by molar-refractivity contribution is 0.0457. The number of rotatable bonds is 13. The van der Waals surface area contributed by atoms with Gasteiger partial charge in [0.05, 0.1) is 28.5 Å². The predicted molar refractivity (Wildman–Crippen MR) is 219 cm³/mol. The van der Waals surface area contributed by atoms with Crippen LogP contribution < -0.4 is 10.2 Å². The minimum atomic E-state index is -3.80. The van der Waals surface area contributed by atoms with Gasteiger partial charge in [0, 0.05) is 74.7 Å². The number of imidazole rings is 1. The Hall–Kier alpha value is -3.86. The van der Waals surface area contributed by atoms with Crippen molar-refractivity contribution < 1.29 is 35.1 Å². The Morgan fingerprint density at radius 2 is 1.74 bits per heavy atom. The lowest BCUT2D eigenvalue weighted by atomic mass is 9.64. The quantitative estimate of drug-likeness (QED) is 0.239. The number of halogens is 2. The number of methoxy groups -OCH3 is 1. The topological polar surface area (TPSA) is 134 Å². The first-order chi connectivity index (χ1) is 27.7. The number of nitrogens with one attached hydrogen (secondary N) is 1. The van der Waals surface area contributed by atoms with Gasteiger partial charge in [0.25, 0.3) is 0 Å². The summed E-state index contributed by atoms with van der Waals surface area (Å²) in [6.07, 6.45) is 11.4. The van der Waals surface area contributed by atoms with Crippen LogP contribution in [0.25, 0.3) is 0 Å². The van der Waals surface area contributed by atoms with Crippen LogP contribution in [0.3, 0.4) is 0 Å². The second-order valence-electron chi connectivity index (χ2n) is 16.7. The fourth-order valence-electron chi connectivity index (χ4n) is 10.4. The third kappa shape index (κ3) is 8.85. The number of carbonyl (C=O) groups excluding carboxylic acids is 1. The number of anilines is 1. The van der Waals surface area contributed by atoms with Gasteiger partial charge in [0.1, 0.15) is 17.5 Å². The highest BCUT2D eigenvalue weighted by molar-refractivity contribution is 7.93. The zero-order chi connectivity index (χ0) is 41.2. The van der Waals surface area contributed by atoms with Crippen molar-refractivity contribution in [2.24, 2.45) is 17.8 Å². The molecule has 0 bridgehead atoms. The van der Waals surface area contributed by atoms with Crippen molar-refractivity contribution in [3.8, 4) is 0 Å². The van der Waals surface area contributed by atoms with Gasteiger partial charge in [-0.2, -0.15) is 0 Å². The first-order valence-corrected chi connectivity index (χ1v) is 23.9. The van der Waals surface area contributed by atoms with E-state index in [1.165, 1.54) is 25.3 Å². The lowest BCUT2D eigenvalue weighted by Gasteiger charge is -2.52. The Balaban J connectivity index is 1.00. The van der Waals surface area contributed by atoms with Crippen LogP contribution in [0.2, 0.25) is 0 Å². The van der Waals surface area contributed by atoms with Crippen molar-refractivity contribution >= 4 is 31.5 Å². The molecule has 0 radical (unpaired) electrons. The van der Waals surface area contributed by atoms with Crippen molar-refractivity contribution in [1.29, 1.82) is 0 Å². The molecule has 58 heavy (non-hydrogen) atoms. The summed E-state index contributed by atoms with van der Waals surface area (Å²) in [7, 11) is -5.69. The van der Waals surface area contributed by atoms with Gasteiger partial charge in [0.2, 0.25) is 0 Å². The summed E-state index contributed by atoms with van der Waals surface area (Å²) in [5.74, 6) is 0.391. The Morgan fingerprint density at radius 3 is 2.41 bits per heavy atom. The monoisotopic (exact) mass is 842 g/mol. The number of ether oxygens (including phenoxy) is 1. The number of alkyl carbamates (subject to hydrolysis) is 1. The molecule has 1 aliphatic carbocycles. The SMILES string of the molecule is COC(=O)N[C@H]1CCC[C@@H]1C(c1cccc(F)c1)(C1CCN(CC2CN(c3ccc(S(=O)(=O)[C@@H]4CCCN(C/C=C/S(C)(=O)=O)C4)cc3F)C2)CC1)n1ccnc1C. The third-order valence-electron chi connectivity index (χ3n) is 13.0. The standard InChI is InChI=1S/C42H56F2N6O6S2/c1-30-45-17-22-50(30)42(33-8-4-9-34(43)24-33,37-11-5-12-39(37)46-41(51)56-2)32-15-20-48(21-16-32)26-31-27-49(28-31)40-14-13-35(25-38(40)44)58(54,55)36-10-6-18-47(29-36)19-7-23-57(3,52)53/h4,7-9,13-14,17,22-25,31-32,36-37,39H,5-6,10-12,15-16,18-21,26-29H2,1-3H3,(H,46,51)/b23-7+/t36-,37+,39+,42?/m1/s1. The van der Waals surface area contributed by atoms with Crippen LogP contribution >= 0.6 is 0 Å². The largest absolute Gasteiger partial charge is 0.453 e.